The van der Waals surface area contributed by atoms with E-state index in [0.717, 1.165) is 17.3 Å². The van der Waals surface area contributed by atoms with E-state index in [2.05, 4.69) is 15.5 Å². The largest absolute Gasteiger partial charge is 0.371 e. The van der Waals surface area contributed by atoms with Crippen molar-refractivity contribution < 1.29 is 22.4 Å². The predicted octanol–water partition coefficient (Wildman–Crippen LogP) is 4.75. The number of nitrogens with zero attached hydrogens (tertiary/aromatic N) is 2. The van der Waals surface area contributed by atoms with E-state index in [-0.39, 0.29) is 16.5 Å². The van der Waals surface area contributed by atoms with Crippen molar-refractivity contribution in [1.29, 1.82) is 0 Å². The number of hydrogen-bond acceptors (Lipinski definition) is 6. The van der Waals surface area contributed by atoms with Crippen LogP contribution >= 0.6 is 23.2 Å². The zero-order chi connectivity index (χ0) is 28.6. The molecule has 2 heterocycles. The highest BCUT2D eigenvalue weighted by molar-refractivity contribution is 7.90. The average molecular weight is 606 g/mol. The topological polar surface area (TPSA) is 98.8 Å². The molecule has 2 aliphatic heterocycles. The summed E-state index contributed by atoms with van der Waals surface area (Å²) in [5, 5.41) is 6.31. The molecular formula is C28H27Cl2FN4O4S. The van der Waals surface area contributed by atoms with Crippen molar-refractivity contribution in [2.24, 2.45) is 0 Å². The zero-order valence-electron chi connectivity index (χ0n) is 21.6. The molecule has 210 valence electrons. The summed E-state index contributed by atoms with van der Waals surface area (Å²) < 4.78 is 39.7. The van der Waals surface area contributed by atoms with Crippen LogP contribution in [0.1, 0.15) is 21.5 Å². The number of aryl methyl sites for hydroxylation is 1. The Morgan fingerprint density at radius 2 is 1.77 bits per heavy atom. The van der Waals surface area contributed by atoms with Gasteiger partial charge in [0.2, 0.25) is 5.91 Å². The molecule has 1 fully saturated rings. The quantitative estimate of drug-likeness (QED) is 0.421. The minimum absolute atomic E-state index is 0.00756. The van der Waals surface area contributed by atoms with E-state index in [9.17, 15) is 22.4 Å². The fourth-order valence-electron chi connectivity index (χ4n) is 4.96. The van der Waals surface area contributed by atoms with E-state index in [1.807, 2.05) is 25.1 Å². The second-order valence-electron chi connectivity index (χ2n) is 9.91. The molecule has 0 radical (unpaired) electrons. The second-order valence-corrected chi connectivity index (χ2v) is 12.9. The lowest BCUT2D eigenvalue weighted by Crippen LogP contribution is -2.49. The van der Waals surface area contributed by atoms with Crippen LogP contribution < -0.4 is 15.5 Å². The standard InChI is InChI=1S/C28H27Cl2FN4O4S/c1-17-5-7-19(29)14-26(17)34-9-11-35(12-10-34)28(37)18-6-8-23-24(13-18)33-27(36)25(32-23)16-40(38,39)15-20-21(30)3-2-4-22(20)31/h2-8,13-14,25,32H,9-12,15-16H2,1H3,(H,33,36)/t25-/m0/s1. The van der Waals surface area contributed by atoms with Crippen molar-refractivity contribution in [2.75, 3.05) is 47.5 Å². The molecule has 0 aromatic heterocycles. The van der Waals surface area contributed by atoms with Gasteiger partial charge in [0.05, 0.1) is 22.9 Å². The van der Waals surface area contributed by atoms with Crippen molar-refractivity contribution >= 4 is 61.9 Å². The Labute approximate surface area is 242 Å². The van der Waals surface area contributed by atoms with Crippen LogP contribution in [0.2, 0.25) is 10.0 Å². The molecule has 5 rings (SSSR count). The van der Waals surface area contributed by atoms with Gasteiger partial charge in [0.15, 0.2) is 9.84 Å². The third-order valence-electron chi connectivity index (χ3n) is 7.10. The van der Waals surface area contributed by atoms with Crippen LogP contribution in [0.4, 0.5) is 21.5 Å². The number of piperazine rings is 1. The molecule has 0 unspecified atom stereocenters. The minimum atomic E-state index is -3.90. The number of rotatable bonds is 6. The van der Waals surface area contributed by atoms with Gasteiger partial charge in [-0.15, -0.1) is 0 Å². The maximum atomic E-state index is 14.1. The minimum Gasteiger partial charge on any atom is -0.371 e. The van der Waals surface area contributed by atoms with Gasteiger partial charge in [-0.3, -0.25) is 9.59 Å². The maximum absolute atomic E-state index is 14.1. The summed E-state index contributed by atoms with van der Waals surface area (Å²) in [6.07, 6.45) is 0. The molecule has 0 bridgehead atoms. The molecule has 2 amide bonds. The highest BCUT2D eigenvalue weighted by atomic mass is 35.5. The summed E-state index contributed by atoms with van der Waals surface area (Å²) in [6.45, 7) is 4.39. The number of sulfone groups is 1. The Morgan fingerprint density at radius 1 is 1.02 bits per heavy atom. The number of nitrogens with one attached hydrogen (secondary N) is 2. The van der Waals surface area contributed by atoms with Crippen molar-refractivity contribution in [1.82, 2.24) is 4.90 Å². The van der Waals surface area contributed by atoms with Crippen LogP contribution in [0, 0.1) is 12.7 Å². The first kappa shape index (κ1) is 28.2. The molecule has 1 saturated heterocycles. The number of amides is 2. The van der Waals surface area contributed by atoms with E-state index < -0.39 is 39.1 Å². The van der Waals surface area contributed by atoms with Gasteiger partial charge >= 0.3 is 0 Å². The molecule has 0 saturated carbocycles. The molecule has 8 nitrogen and oxygen atoms in total. The van der Waals surface area contributed by atoms with Gasteiger partial charge in [-0.25, -0.2) is 12.8 Å². The number of carbonyl (C=O) groups excluding carboxylic acids is 2. The summed E-state index contributed by atoms with van der Waals surface area (Å²) in [6, 6.07) is 13.5. The number of benzene rings is 3. The lowest BCUT2D eigenvalue weighted by Gasteiger charge is -2.37. The Bertz CT molecular complexity index is 1570. The summed E-state index contributed by atoms with van der Waals surface area (Å²) >= 11 is 12.2. The molecule has 3 aromatic carbocycles. The number of halogens is 3. The number of carbonyl (C=O) groups is 2. The third kappa shape index (κ3) is 6.04. The molecule has 2 N–H and O–H groups in total. The Morgan fingerprint density at radius 3 is 2.50 bits per heavy atom. The number of anilines is 3. The summed E-state index contributed by atoms with van der Waals surface area (Å²) in [4.78, 5) is 30.0. The maximum Gasteiger partial charge on any atom is 0.254 e. The average Bonchev–Trinajstić information content (AvgIpc) is 2.92. The first-order chi connectivity index (χ1) is 19.0. The monoisotopic (exact) mass is 604 g/mol. The van der Waals surface area contributed by atoms with E-state index in [4.69, 9.17) is 23.2 Å². The molecule has 12 heteroatoms. The molecule has 0 aliphatic carbocycles. The van der Waals surface area contributed by atoms with Gasteiger partial charge < -0.3 is 20.4 Å². The molecule has 3 aromatic rings. The van der Waals surface area contributed by atoms with Gasteiger partial charge in [0, 0.05) is 53.0 Å². The lowest BCUT2D eigenvalue weighted by atomic mass is 10.1. The van der Waals surface area contributed by atoms with Gasteiger partial charge in [0.1, 0.15) is 11.9 Å². The zero-order valence-corrected chi connectivity index (χ0v) is 23.9. The second kappa shape index (κ2) is 11.3. The molecule has 0 spiro atoms. The van der Waals surface area contributed by atoms with Crippen molar-refractivity contribution in [3.63, 3.8) is 0 Å². The van der Waals surface area contributed by atoms with Gasteiger partial charge in [-0.2, -0.15) is 0 Å². The molecule has 1 atom stereocenters. The van der Waals surface area contributed by atoms with E-state index >= 15 is 0 Å². The van der Waals surface area contributed by atoms with Crippen LogP contribution in [-0.4, -0.2) is 63.1 Å². The first-order valence-corrected chi connectivity index (χ1v) is 15.2. The Balaban J connectivity index is 1.23. The summed E-state index contributed by atoms with van der Waals surface area (Å²) in [7, 11) is -3.90. The Hall–Kier alpha value is -3.34. The van der Waals surface area contributed by atoms with Crippen molar-refractivity contribution in [3.8, 4) is 0 Å². The van der Waals surface area contributed by atoms with E-state index in [0.29, 0.717) is 48.1 Å². The number of hydrogen-bond donors (Lipinski definition) is 2. The van der Waals surface area contributed by atoms with Gasteiger partial charge in [0.25, 0.3) is 5.91 Å². The van der Waals surface area contributed by atoms with Crippen LogP contribution in [0.3, 0.4) is 0 Å². The SMILES string of the molecule is Cc1ccc(Cl)cc1N1CCN(C(=O)c2ccc3c(c2)NC(=O)[C@H](CS(=O)(=O)Cc2c(F)cccc2Cl)N3)CC1. The lowest BCUT2D eigenvalue weighted by molar-refractivity contribution is -0.116. The van der Waals surface area contributed by atoms with Crippen LogP contribution in [0.15, 0.2) is 54.6 Å². The van der Waals surface area contributed by atoms with Crippen LogP contribution in [0.5, 0.6) is 0 Å². The van der Waals surface area contributed by atoms with Crippen LogP contribution in [0.25, 0.3) is 0 Å². The van der Waals surface area contributed by atoms with Crippen LogP contribution in [-0.2, 0) is 20.4 Å². The highest BCUT2D eigenvalue weighted by Crippen LogP contribution is 2.30. The fourth-order valence-corrected chi connectivity index (χ4v) is 7.03. The summed E-state index contributed by atoms with van der Waals surface area (Å²) in [5.41, 5.74) is 3.32. The van der Waals surface area contributed by atoms with Gasteiger partial charge in [-0.1, -0.05) is 35.3 Å². The Kier molecular flexibility index (Phi) is 7.94. The van der Waals surface area contributed by atoms with Crippen molar-refractivity contribution in [2.45, 2.75) is 18.7 Å². The molecular weight excluding hydrogens is 578 g/mol. The highest BCUT2D eigenvalue weighted by Gasteiger charge is 2.32. The summed E-state index contributed by atoms with van der Waals surface area (Å²) in [5.74, 6) is -2.63. The predicted molar refractivity (Wildman–Crippen MR) is 156 cm³/mol. The van der Waals surface area contributed by atoms with E-state index in [1.54, 1.807) is 23.1 Å². The first-order valence-electron chi connectivity index (χ1n) is 12.7. The smallest absolute Gasteiger partial charge is 0.254 e. The van der Waals surface area contributed by atoms with E-state index in [1.165, 1.54) is 12.1 Å². The van der Waals surface area contributed by atoms with Crippen molar-refractivity contribution in [3.05, 3.63) is 87.2 Å². The fraction of sp³-hybridized carbons (Fsp3) is 0.286. The number of fused-ring (bicyclic) bond motifs is 1. The molecule has 40 heavy (non-hydrogen) atoms. The van der Waals surface area contributed by atoms with Gasteiger partial charge in [-0.05, 0) is 55.0 Å². The normalized spacial score (nSPS) is 17.2. The molecule has 2 aliphatic rings. The third-order valence-corrected chi connectivity index (χ3v) is 9.25.